The van der Waals surface area contributed by atoms with Gasteiger partial charge in [-0.05, 0) is 24.3 Å². The van der Waals surface area contributed by atoms with E-state index in [2.05, 4.69) is 15.3 Å². The summed E-state index contributed by atoms with van der Waals surface area (Å²) in [6.07, 6.45) is -1.60. The van der Waals surface area contributed by atoms with E-state index >= 15 is 0 Å². The average molecular weight is 458 g/mol. The highest BCUT2D eigenvalue weighted by Gasteiger charge is 2.31. The Balaban J connectivity index is 1.52. The maximum atomic E-state index is 12.9. The van der Waals surface area contributed by atoms with Crippen LogP contribution in [0.2, 0.25) is 0 Å². The summed E-state index contributed by atoms with van der Waals surface area (Å²) in [6, 6.07) is 6.76. The fourth-order valence-electron chi connectivity index (χ4n) is 2.98. The topological polar surface area (TPSA) is 93.4 Å². The van der Waals surface area contributed by atoms with Gasteiger partial charge in [0.05, 0.1) is 16.8 Å². The van der Waals surface area contributed by atoms with Gasteiger partial charge in [0.25, 0.3) is 11.5 Å². The Kier molecular flexibility index (Phi) is 5.57. The first-order chi connectivity index (χ1) is 15.2. The molecule has 1 N–H and O–H groups in total. The molecule has 1 aromatic carbocycles. The molecule has 0 saturated heterocycles. The highest BCUT2D eigenvalue weighted by atomic mass is 32.1. The van der Waals surface area contributed by atoms with E-state index in [1.807, 2.05) is 0 Å². The Morgan fingerprint density at radius 3 is 2.66 bits per heavy atom. The predicted octanol–water partition coefficient (Wildman–Crippen LogP) is 4.10. The maximum absolute atomic E-state index is 12.9. The number of amides is 1. The van der Waals surface area contributed by atoms with Crippen LogP contribution >= 0.6 is 11.3 Å². The van der Waals surface area contributed by atoms with Crippen LogP contribution in [0.5, 0.6) is 0 Å². The number of halogens is 3. The first-order valence-electron chi connectivity index (χ1n) is 9.15. The van der Waals surface area contributed by atoms with Crippen molar-refractivity contribution in [2.24, 2.45) is 4.99 Å². The predicted molar refractivity (Wildman–Crippen MR) is 113 cm³/mol. The minimum absolute atomic E-state index is 0.0205. The number of thiazole rings is 1. The van der Waals surface area contributed by atoms with Crippen molar-refractivity contribution < 1.29 is 22.8 Å². The summed E-state index contributed by atoms with van der Waals surface area (Å²) in [5.41, 5.74) is 0.431. The number of carbonyl (C=O) groups is 2. The van der Waals surface area contributed by atoms with Gasteiger partial charge in [-0.25, -0.2) is 9.98 Å². The number of nitrogens with zero attached hydrogens (tertiary/aromatic N) is 3. The zero-order valence-corrected chi connectivity index (χ0v) is 16.9. The molecule has 0 radical (unpaired) electrons. The normalized spacial score (nSPS) is 13.5. The van der Waals surface area contributed by atoms with Crippen LogP contribution in [0.15, 0.2) is 69.3 Å². The van der Waals surface area contributed by atoms with Crippen LogP contribution in [0.4, 0.5) is 18.9 Å². The molecule has 0 fully saturated rings. The molecule has 1 amide bonds. The third-order valence-electron chi connectivity index (χ3n) is 4.53. The first-order valence-corrected chi connectivity index (χ1v) is 10.1. The Bertz CT molecular complexity index is 1320. The molecule has 2 aromatic heterocycles. The van der Waals surface area contributed by atoms with Crippen LogP contribution in [-0.2, 0) is 6.18 Å². The van der Waals surface area contributed by atoms with Gasteiger partial charge in [0.2, 0.25) is 5.78 Å². The van der Waals surface area contributed by atoms with Gasteiger partial charge in [0.1, 0.15) is 11.5 Å². The number of pyridine rings is 1. The van der Waals surface area contributed by atoms with E-state index in [0.29, 0.717) is 0 Å². The molecule has 0 atom stereocenters. The molecule has 0 aliphatic carbocycles. The van der Waals surface area contributed by atoms with Crippen molar-refractivity contribution >= 4 is 40.2 Å². The van der Waals surface area contributed by atoms with E-state index < -0.39 is 29.0 Å². The number of hydrogen-bond acceptors (Lipinski definition) is 6. The van der Waals surface area contributed by atoms with E-state index in [9.17, 15) is 27.6 Å². The van der Waals surface area contributed by atoms with Crippen LogP contribution in [0.3, 0.4) is 0 Å². The number of allylic oxidation sites excluding steroid dienone is 1. The molecule has 3 aromatic rings. The zero-order valence-electron chi connectivity index (χ0n) is 16.1. The molecular formula is C21H13F3N4O3S. The lowest BCUT2D eigenvalue weighted by Gasteiger charge is -2.08. The molecule has 3 heterocycles. The Morgan fingerprint density at radius 2 is 1.97 bits per heavy atom. The number of alkyl halides is 3. The van der Waals surface area contributed by atoms with Crippen molar-refractivity contribution in [1.82, 2.24) is 9.55 Å². The molecule has 0 spiro atoms. The second-order valence-electron chi connectivity index (χ2n) is 6.68. The molecule has 11 heteroatoms. The van der Waals surface area contributed by atoms with E-state index in [-0.39, 0.29) is 34.9 Å². The van der Waals surface area contributed by atoms with Gasteiger partial charge in [-0.1, -0.05) is 12.1 Å². The minimum atomic E-state index is -4.57. The highest BCUT2D eigenvalue weighted by molar-refractivity contribution is 7.07. The maximum Gasteiger partial charge on any atom is 0.416 e. The van der Waals surface area contributed by atoms with Crippen molar-refractivity contribution in [3.8, 4) is 0 Å². The van der Waals surface area contributed by atoms with E-state index in [1.54, 1.807) is 5.38 Å². The van der Waals surface area contributed by atoms with Gasteiger partial charge in [0.15, 0.2) is 0 Å². The van der Waals surface area contributed by atoms with Gasteiger partial charge in [-0.2, -0.15) is 13.2 Å². The quantitative estimate of drug-likeness (QED) is 0.583. The molecule has 32 heavy (non-hydrogen) atoms. The van der Waals surface area contributed by atoms with Crippen LogP contribution in [0.25, 0.3) is 5.82 Å². The van der Waals surface area contributed by atoms with Crippen molar-refractivity contribution in [3.05, 3.63) is 86.7 Å². The standard InChI is InChI=1S/C21H13F3N4O3S/c22-21(23,24)13-3-1-2-12(8-13)19(30)15-4-5-17(27-15)28-7-6-14(9-18(28)29)26-20(31)16-10-32-11-25-16/h1-3,5-11H,4H2,(H,26,31). The van der Waals surface area contributed by atoms with Crippen molar-refractivity contribution in [1.29, 1.82) is 0 Å². The molecule has 4 rings (SSSR count). The van der Waals surface area contributed by atoms with Crippen LogP contribution in [0.1, 0.15) is 32.8 Å². The fourth-order valence-corrected chi connectivity index (χ4v) is 3.51. The molecule has 0 unspecified atom stereocenters. The Morgan fingerprint density at radius 1 is 1.16 bits per heavy atom. The smallest absolute Gasteiger partial charge is 0.320 e. The van der Waals surface area contributed by atoms with Crippen molar-refractivity contribution in [3.63, 3.8) is 0 Å². The number of hydrogen-bond donors (Lipinski definition) is 1. The van der Waals surface area contributed by atoms with Gasteiger partial charge >= 0.3 is 6.18 Å². The molecule has 1 aliphatic heterocycles. The van der Waals surface area contributed by atoms with Gasteiger partial charge < -0.3 is 5.32 Å². The lowest BCUT2D eigenvalue weighted by Crippen LogP contribution is -2.20. The van der Waals surface area contributed by atoms with E-state index in [4.69, 9.17) is 0 Å². The van der Waals surface area contributed by atoms with Crippen molar-refractivity contribution in [2.45, 2.75) is 12.6 Å². The number of ketones is 1. The summed E-state index contributed by atoms with van der Waals surface area (Å²) in [4.78, 5) is 45.1. The number of Topliss-reactive ketones (excluding diaryl/α,β-unsaturated/α-hetero) is 1. The summed E-state index contributed by atoms with van der Waals surface area (Å²) < 4.78 is 39.9. The number of carbonyl (C=O) groups excluding carboxylic acids is 2. The van der Waals surface area contributed by atoms with Crippen LogP contribution in [0, 0.1) is 0 Å². The fraction of sp³-hybridized carbons (Fsp3) is 0.0952. The van der Waals surface area contributed by atoms with E-state index in [1.165, 1.54) is 51.9 Å². The first kappa shape index (κ1) is 21.4. The number of aliphatic imine (C=N–C) groups is 1. The molecule has 0 saturated carbocycles. The van der Waals surface area contributed by atoms with Gasteiger partial charge in [-0.15, -0.1) is 11.3 Å². The molecule has 0 bridgehead atoms. The number of anilines is 1. The summed E-state index contributed by atoms with van der Waals surface area (Å²) >= 11 is 1.26. The van der Waals surface area contributed by atoms with Gasteiger partial charge in [0, 0.05) is 35.3 Å². The number of nitrogens with one attached hydrogen (secondary N) is 1. The summed E-state index contributed by atoms with van der Waals surface area (Å²) in [5, 5.41) is 4.13. The number of aromatic nitrogens is 2. The van der Waals surface area contributed by atoms with Crippen LogP contribution in [-0.4, -0.2) is 27.0 Å². The second kappa shape index (κ2) is 8.35. The summed E-state index contributed by atoms with van der Waals surface area (Å²) in [7, 11) is 0. The average Bonchev–Trinajstić information content (AvgIpc) is 3.45. The Hall–Kier alpha value is -3.86. The molecule has 162 valence electrons. The van der Waals surface area contributed by atoms with E-state index in [0.717, 1.165) is 18.2 Å². The van der Waals surface area contributed by atoms with Crippen molar-refractivity contribution in [2.75, 3.05) is 5.32 Å². The van der Waals surface area contributed by atoms with Crippen LogP contribution < -0.4 is 10.9 Å². The lowest BCUT2D eigenvalue weighted by molar-refractivity contribution is -0.137. The second-order valence-corrected chi connectivity index (χ2v) is 7.40. The molecular weight excluding hydrogens is 445 g/mol. The molecule has 7 nitrogen and oxygen atoms in total. The Labute approximate surface area is 182 Å². The monoisotopic (exact) mass is 458 g/mol. The zero-order chi connectivity index (χ0) is 22.9. The largest absolute Gasteiger partial charge is 0.416 e. The highest BCUT2D eigenvalue weighted by Crippen LogP contribution is 2.30. The summed E-state index contributed by atoms with van der Waals surface area (Å²) in [5.74, 6) is -0.944. The number of benzene rings is 1. The summed E-state index contributed by atoms with van der Waals surface area (Å²) in [6.45, 7) is 0. The van der Waals surface area contributed by atoms with Gasteiger partial charge in [-0.3, -0.25) is 19.0 Å². The molecule has 1 aliphatic rings. The lowest BCUT2D eigenvalue weighted by atomic mass is 10.0. The third-order valence-corrected chi connectivity index (χ3v) is 5.12. The SMILES string of the molecule is O=C(C1=NC(n2ccc(NC(=O)c3cscn3)cc2=O)=CC1)c1cccc(C(F)(F)F)c1. The minimum Gasteiger partial charge on any atom is -0.320 e. The number of rotatable bonds is 5. The third kappa shape index (κ3) is 4.42.